The number of carbonyl (C=O) groups is 2. The Hall–Kier alpha value is -1.06. The Morgan fingerprint density at radius 3 is 0.868 bits per heavy atom. The van der Waals surface area contributed by atoms with E-state index in [-0.39, 0.29) is 11.8 Å². The van der Waals surface area contributed by atoms with E-state index in [1.165, 1.54) is 128 Å². The Bertz CT molecular complexity index is 451. The largest absolute Gasteiger partial charge is 0.356 e. The molecule has 0 fully saturated rings. The smallest absolute Gasteiger partial charge is 0.219 e. The molecular formula is C34H68N2O2. The average Bonchev–Trinajstić information content (AvgIpc) is 2.91. The lowest BCUT2D eigenvalue weighted by Crippen LogP contribution is -2.24. The fourth-order valence-corrected chi connectivity index (χ4v) is 5.14. The average molecular weight is 537 g/mol. The first kappa shape index (κ1) is 36.9. The van der Waals surface area contributed by atoms with Crippen molar-refractivity contribution in [2.75, 3.05) is 13.1 Å². The standard InChI is InChI=1S/C34H68N2O2/c1-3-5-7-9-11-13-15-19-23-27-31-35-33(37)29-25-21-17-18-22-26-30-34(38)36-32-28-24-20-16-14-12-10-8-6-4-2/h3-32H2,1-2H3,(H,35,37)(H,36,38). The van der Waals surface area contributed by atoms with Crippen LogP contribution in [0.25, 0.3) is 0 Å². The van der Waals surface area contributed by atoms with Gasteiger partial charge in [-0.3, -0.25) is 9.59 Å². The van der Waals surface area contributed by atoms with Crippen molar-refractivity contribution >= 4 is 11.8 Å². The van der Waals surface area contributed by atoms with Crippen LogP contribution in [0.15, 0.2) is 0 Å². The Labute approximate surface area is 238 Å². The first-order valence-corrected chi connectivity index (χ1v) is 17.2. The van der Waals surface area contributed by atoms with E-state index in [1.54, 1.807) is 0 Å². The van der Waals surface area contributed by atoms with Gasteiger partial charge in [-0.2, -0.15) is 0 Å². The van der Waals surface area contributed by atoms with E-state index >= 15 is 0 Å². The summed E-state index contributed by atoms with van der Waals surface area (Å²) in [6, 6.07) is 0. The first-order valence-electron chi connectivity index (χ1n) is 17.2. The molecule has 0 aliphatic heterocycles. The second-order valence-electron chi connectivity index (χ2n) is 11.7. The molecule has 0 radical (unpaired) electrons. The lowest BCUT2D eigenvalue weighted by Gasteiger charge is -2.06. The topological polar surface area (TPSA) is 58.2 Å². The summed E-state index contributed by atoms with van der Waals surface area (Å²) in [6.07, 6.45) is 34.5. The van der Waals surface area contributed by atoms with Gasteiger partial charge < -0.3 is 10.6 Å². The maximum absolute atomic E-state index is 12.0. The molecule has 0 saturated carbocycles. The molecule has 0 bridgehead atoms. The Morgan fingerprint density at radius 2 is 0.579 bits per heavy atom. The third-order valence-electron chi connectivity index (χ3n) is 7.76. The van der Waals surface area contributed by atoms with Crippen molar-refractivity contribution in [3.63, 3.8) is 0 Å². The summed E-state index contributed by atoms with van der Waals surface area (Å²) in [4.78, 5) is 24.0. The maximum atomic E-state index is 12.0. The SMILES string of the molecule is CCCCCCCCCCCCNC(=O)CCCCCCCCC(=O)NCCCCCCCCCCCC. The zero-order valence-corrected chi connectivity index (χ0v) is 26.0. The molecule has 0 atom stereocenters. The predicted molar refractivity (Wildman–Crippen MR) is 167 cm³/mol. The van der Waals surface area contributed by atoms with Crippen molar-refractivity contribution in [3.8, 4) is 0 Å². The van der Waals surface area contributed by atoms with E-state index in [1.807, 2.05) is 0 Å². The summed E-state index contributed by atoms with van der Waals surface area (Å²) in [5.74, 6) is 0.444. The Morgan fingerprint density at radius 1 is 0.342 bits per heavy atom. The summed E-state index contributed by atoms with van der Waals surface area (Å²) in [6.45, 7) is 6.23. The summed E-state index contributed by atoms with van der Waals surface area (Å²) in [5, 5.41) is 6.18. The lowest BCUT2D eigenvalue weighted by molar-refractivity contribution is -0.122. The first-order chi connectivity index (χ1) is 18.7. The van der Waals surface area contributed by atoms with Crippen LogP contribution in [0.4, 0.5) is 0 Å². The van der Waals surface area contributed by atoms with Gasteiger partial charge >= 0.3 is 0 Å². The number of carbonyl (C=O) groups excluding carboxylic acids is 2. The monoisotopic (exact) mass is 537 g/mol. The van der Waals surface area contributed by atoms with Gasteiger partial charge in [0.15, 0.2) is 0 Å². The highest BCUT2D eigenvalue weighted by molar-refractivity contribution is 5.76. The van der Waals surface area contributed by atoms with Crippen LogP contribution < -0.4 is 10.6 Å². The molecule has 4 heteroatoms. The highest BCUT2D eigenvalue weighted by Gasteiger charge is 2.03. The number of amides is 2. The van der Waals surface area contributed by atoms with Crippen molar-refractivity contribution in [2.45, 2.75) is 194 Å². The molecule has 2 N–H and O–H groups in total. The fourth-order valence-electron chi connectivity index (χ4n) is 5.14. The quantitative estimate of drug-likeness (QED) is 0.0866. The molecule has 0 saturated heterocycles. The number of unbranched alkanes of at least 4 members (excludes halogenated alkanes) is 23. The molecule has 226 valence electrons. The van der Waals surface area contributed by atoms with Crippen LogP contribution in [-0.4, -0.2) is 24.9 Å². The molecule has 4 nitrogen and oxygen atoms in total. The normalized spacial score (nSPS) is 11.1. The number of hydrogen-bond donors (Lipinski definition) is 2. The van der Waals surface area contributed by atoms with Crippen molar-refractivity contribution in [3.05, 3.63) is 0 Å². The highest BCUT2D eigenvalue weighted by Crippen LogP contribution is 2.12. The van der Waals surface area contributed by atoms with E-state index in [4.69, 9.17) is 0 Å². The zero-order valence-electron chi connectivity index (χ0n) is 26.0. The molecule has 0 rings (SSSR count). The van der Waals surface area contributed by atoms with Gasteiger partial charge in [-0.15, -0.1) is 0 Å². The third-order valence-corrected chi connectivity index (χ3v) is 7.76. The lowest BCUT2D eigenvalue weighted by atomic mass is 10.1. The summed E-state index contributed by atoms with van der Waals surface area (Å²) in [7, 11) is 0. The van der Waals surface area contributed by atoms with E-state index in [0.717, 1.165) is 51.6 Å². The van der Waals surface area contributed by atoms with Crippen LogP contribution in [-0.2, 0) is 9.59 Å². The van der Waals surface area contributed by atoms with E-state index in [9.17, 15) is 9.59 Å². The molecule has 0 aromatic heterocycles. The summed E-state index contributed by atoms with van der Waals surface area (Å²) >= 11 is 0. The van der Waals surface area contributed by atoms with E-state index in [0.29, 0.717) is 12.8 Å². The number of nitrogens with one attached hydrogen (secondary N) is 2. The fraction of sp³-hybridized carbons (Fsp3) is 0.941. The number of rotatable bonds is 31. The molecule has 38 heavy (non-hydrogen) atoms. The molecule has 0 aliphatic rings. The van der Waals surface area contributed by atoms with Crippen LogP contribution in [0.3, 0.4) is 0 Å². The molecule has 0 unspecified atom stereocenters. The van der Waals surface area contributed by atoms with Crippen LogP contribution in [0, 0.1) is 0 Å². The minimum Gasteiger partial charge on any atom is -0.356 e. The summed E-state index contributed by atoms with van der Waals surface area (Å²) in [5.41, 5.74) is 0. The Kier molecular flexibility index (Phi) is 31.3. The molecular weight excluding hydrogens is 468 g/mol. The van der Waals surface area contributed by atoms with Gasteiger partial charge in [0.05, 0.1) is 0 Å². The molecule has 0 heterocycles. The van der Waals surface area contributed by atoms with Crippen molar-refractivity contribution in [1.29, 1.82) is 0 Å². The summed E-state index contributed by atoms with van der Waals surface area (Å²) < 4.78 is 0. The second-order valence-corrected chi connectivity index (χ2v) is 11.7. The van der Waals surface area contributed by atoms with Gasteiger partial charge in [0, 0.05) is 25.9 Å². The second kappa shape index (κ2) is 32.2. The third kappa shape index (κ3) is 31.2. The molecule has 0 aromatic rings. The van der Waals surface area contributed by atoms with Crippen LogP contribution in [0.5, 0.6) is 0 Å². The highest BCUT2D eigenvalue weighted by atomic mass is 16.2. The molecule has 0 aromatic carbocycles. The molecule has 2 amide bonds. The maximum Gasteiger partial charge on any atom is 0.219 e. The van der Waals surface area contributed by atoms with Gasteiger partial charge in [0.25, 0.3) is 0 Å². The van der Waals surface area contributed by atoms with Gasteiger partial charge in [-0.1, -0.05) is 155 Å². The van der Waals surface area contributed by atoms with E-state index in [2.05, 4.69) is 24.5 Å². The van der Waals surface area contributed by atoms with Crippen LogP contribution in [0.1, 0.15) is 194 Å². The van der Waals surface area contributed by atoms with Gasteiger partial charge in [0.2, 0.25) is 11.8 Å². The number of hydrogen-bond acceptors (Lipinski definition) is 2. The van der Waals surface area contributed by atoms with Gasteiger partial charge in [-0.05, 0) is 25.7 Å². The predicted octanol–water partition coefficient (Wildman–Crippen LogP) is 10.2. The van der Waals surface area contributed by atoms with Crippen LogP contribution >= 0.6 is 0 Å². The van der Waals surface area contributed by atoms with Crippen molar-refractivity contribution < 1.29 is 9.59 Å². The van der Waals surface area contributed by atoms with Gasteiger partial charge in [0.1, 0.15) is 0 Å². The minimum absolute atomic E-state index is 0.222. The molecule has 0 spiro atoms. The molecule has 0 aliphatic carbocycles. The van der Waals surface area contributed by atoms with E-state index < -0.39 is 0 Å². The van der Waals surface area contributed by atoms with Crippen molar-refractivity contribution in [1.82, 2.24) is 10.6 Å². The minimum atomic E-state index is 0.222. The van der Waals surface area contributed by atoms with Gasteiger partial charge in [-0.25, -0.2) is 0 Å². The van der Waals surface area contributed by atoms with Crippen LogP contribution in [0.2, 0.25) is 0 Å². The zero-order chi connectivity index (χ0) is 27.8. The Balaban J connectivity index is 3.25. The van der Waals surface area contributed by atoms with Crippen molar-refractivity contribution in [2.24, 2.45) is 0 Å².